The fourth-order valence-electron chi connectivity index (χ4n) is 3.66. The number of methoxy groups -OCH3 is 1. The SMILES string of the molecule is COc1ccc(OCCN2CCN(C(=O)c3c[nH]c(=S)n3-c3ccccc3)CC2)cc1. The summed E-state index contributed by atoms with van der Waals surface area (Å²) >= 11 is 5.40. The molecule has 1 aliphatic heterocycles. The molecule has 1 aromatic heterocycles. The first-order valence-electron chi connectivity index (χ1n) is 10.3. The number of piperazine rings is 1. The van der Waals surface area contributed by atoms with Gasteiger partial charge < -0.3 is 19.4 Å². The molecule has 162 valence electrons. The summed E-state index contributed by atoms with van der Waals surface area (Å²) in [6.45, 7) is 4.40. The number of para-hydroxylation sites is 1. The average Bonchev–Trinajstić information content (AvgIpc) is 3.21. The number of imidazole rings is 1. The Morgan fingerprint density at radius 2 is 1.68 bits per heavy atom. The van der Waals surface area contributed by atoms with Gasteiger partial charge in [-0.1, -0.05) is 18.2 Å². The van der Waals surface area contributed by atoms with Gasteiger partial charge in [0.2, 0.25) is 0 Å². The van der Waals surface area contributed by atoms with E-state index in [-0.39, 0.29) is 5.91 Å². The second-order valence-electron chi connectivity index (χ2n) is 7.31. The van der Waals surface area contributed by atoms with Crippen molar-refractivity contribution >= 4 is 18.1 Å². The lowest BCUT2D eigenvalue weighted by Gasteiger charge is -2.34. The Morgan fingerprint density at radius 1 is 1.00 bits per heavy atom. The Bertz CT molecular complexity index is 1050. The fraction of sp³-hybridized carbons (Fsp3) is 0.304. The van der Waals surface area contributed by atoms with Crippen molar-refractivity contribution in [3.05, 3.63) is 71.3 Å². The molecule has 1 aliphatic rings. The minimum atomic E-state index is -0.00895. The Morgan fingerprint density at radius 3 is 2.35 bits per heavy atom. The summed E-state index contributed by atoms with van der Waals surface area (Å²) in [5, 5.41) is 0. The maximum Gasteiger partial charge on any atom is 0.272 e. The van der Waals surface area contributed by atoms with Crippen LogP contribution in [0.25, 0.3) is 5.69 Å². The monoisotopic (exact) mass is 438 g/mol. The Balaban J connectivity index is 1.30. The second-order valence-corrected chi connectivity index (χ2v) is 7.69. The molecule has 0 atom stereocenters. The van der Waals surface area contributed by atoms with Gasteiger partial charge in [-0.3, -0.25) is 14.3 Å². The highest BCUT2D eigenvalue weighted by Crippen LogP contribution is 2.18. The molecule has 0 unspecified atom stereocenters. The van der Waals surface area contributed by atoms with Crippen LogP contribution in [0.2, 0.25) is 0 Å². The molecule has 31 heavy (non-hydrogen) atoms. The van der Waals surface area contributed by atoms with Gasteiger partial charge in [-0.05, 0) is 48.6 Å². The number of aromatic amines is 1. The molecule has 3 aromatic rings. The Labute approximate surface area is 186 Å². The molecule has 0 saturated carbocycles. The number of nitrogens with one attached hydrogen (secondary N) is 1. The van der Waals surface area contributed by atoms with Gasteiger partial charge in [0.25, 0.3) is 5.91 Å². The summed E-state index contributed by atoms with van der Waals surface area (Å²) in [5.41, 5.74) is 1.44. The predicted molar refractivity (Wildman–Crippen MR) is 122 cm³/mol. The van der Waals surface area contributed by atoms with Gasteiger partial charge in [-0.15, -0.1) is 0 Å². The first-order valence-corrected chi connectivity index (χ1v) is 10.7. The Hall–Kier alpha value is -3.10. The third-order valence-corrected chi connectivity index (χ3v) is 5.71. The molecule has 0 aliphatic carbocycles. The van der Waals surface area contributed by atoms with E-state index in [0.29, 0.717) is 30.2 Å². The molecular weight excluding hydrogens is 412 g/mol. The number of nitrogens with zero attached hydrogens (tertiary/aromatic N) is 3. The van der Waals surface area contributed by atoms with Gasteiger partial charge in [0, 0.05) is 44.6 Å². The molecule has 0 radical (unpaired) electrons. The largest absolute Gasteiger partial charge is 0.497 e. The molecule has 7 nitrogen and oxygen atoms in total. The molecule has 1 amide bonds. The first-order chi connectivity index (χ1) is 15.2. The van der Waals surface area contributed by atoms with Crippen molar-refractivity contribution in [3.63, 3.8) is 0 Å². The number of H-pyrrole nitrogens is 1. The molecule has 4 rings (SSSR count). The molecule has 1 saturated heterocycles. The quantitative estimate of drug-likeness (QED) is 0.573. The van der Waals surface area contributed by atoms with E-state index in [4.69, 9.17) is 21.7 Å². The third kappa shape index (κ3) is 4.98. The van der Waals surface area contributed by atoms with Crippen LogP contribution in [0, 0.1) is 4.77 Å². The summed E-state index contributed by atoms with van der Waals surface area (Å²) in [4.78, 5) is 20.4. The summed E-state index contributed by atoms with van der Waals surface area (Å²) in [5.74, 6) is 1.63. The van der Waals surface area contributed by atoms with Crippen molar-refractivity contribution in [2.45, 2.75) is 0 Å². The van der Waals surface area contributed by atoms with Gasteiger partial charge in [-0.2, -0.15) is 0 Å². The van der Waals surface area contributed by atoms with E-state index in [1.54, 1.807) is 17.9 Å². The lowest BCUT2D eigenvalue weighted by Crippen LogP contribution is -2.49. The second kappa shape index (κ2) is 9.80. The lowest BCUT2D eigenvalue weighted by molar-refractivity contribution is 0.0612. The number of carbonyl (C=O) groups excluding carboxylic acids is 1. The zero-order valence-electron chi connectivity index (χ0n) is 17.5. The first kappa shape index (κ1) is 21.1. The summed E-state index contributed by atoms with van der Waals surface area (Å²) < 4.78 is 13.3. The van der Waals surface area contributed by atoms with Gasteiger partial charge in [0.15, 0.2) is 4.77 Å². The molecule has 0 bridgehead atoms. The molecule has 2 aromatic carbocycles. The molecular formula is C23H26N4O3S. The van der Waals surface area contributed by atoms with E-state index < -0.39 is 0 Å². The highest BCUT2D eigenvalue weighted by atomic mass is 32.1. The van der Waals surface area contributed by atoms with Crippen molar-refractivity contribution < 1.29 is 14.3 Å². The van der Waals surface area contributed by atoms with Crippen LogP contribution < -0.4 is 9.47 Å². The predicted octanol–water partition coefficient (Wildman–Crippen LogP) is 3.38. The summed E-state index contributed by atoms with van der Waals surface area (Å²) in [6, 6.07) is 17.3. The Kier molecular flexibility index (Phi) is 6.69. The van der Waals surface area contributed by atoms with Crippen LogP contribution in [-0.4, -0.2) is 71.7 Å². The number of ether oxygens (including phenoxy) is 2. The minimum absolute atomic E-state index is 0.00895. The van der Waals surface area contributed by atoms with Gasteiger partial charge in [-0.25, -0.2) is 0 Å². The number of hydrogen-bond donors (Lipinski definition) is 1. The van der Waals surface area contributed by atoms with E-state index in [1.807, 2.05) is 59.5 Å². The van der Waals surface area contributed by atoms with Crippen LogP contribution in [0.4, 0.5) is 0 Å². The van der Waals surface area contributed by atoms with Gasteiger partial charge in [0.05, 0.1) is 7.11 Å². The normalized spacial score (nSPS) is 14.4. The third-order valence-electron chi connectivity index (χ3n) is 5.41. The van der Waals surface area contributed by atoms with E-state index in [9.17, 15) is 4.79 Å². The standard InChI is InChI=1S/C23H26N4O3S/c1-29-19-7-9-20(10-8-19)30-16-15-25-11-13-26(14-12-25)22(28)21-17-24-23(31)27(21)18-5-3-2-4-6-18/h2-10,17H,11-16H2,1H3,(H,24,31). The van der Waals surface area contributed by atoms with Crippen LogP contribution in [0.15, 0.2) is 60.8 Å². The zero-order chi connectivity index (χ0) is 21.6. The molecule has 8 heteroatoms. The topological polar surface area (TPSA) is 62.7 Å². The lowest BCUT2D eigenvalue weighted by atomic mass is 10.2. The highest BCUT2D eigenvalue weighted by molar-refractivity contribution is 7.71. The summed E-state index contributed by atoms with van der Waals surface area (Å²) in [7, 11) is 1.65. The maximum absolute atomic E-state index is 13.2. The minimum Gasteiger partial charge on any atom is -0.497 e. The molecule has 2 heterocycles. The van der Waals surface area contributed by atoms with Crippen molar-refractivity contribution in [1.29, 1.82) is 0 Å². The molecule has 1 N–H and O–H groups in total. The number of aromatic nitrogens is 2. The van der Waals surface area contributed by atoms with Gasteiger partial charge >= 0.3 is 0 Å². The van der Waals surface area contributed by atoms with E-state index >= 15 is 0 Å². The van der Waals surface area contributed by atoms with Crippen LogP contribution in [0.1, 0.15) is 10.5 Å². The molecule has 0 spiro atoms. The zero-order valence-corrected chi connectivity index (χ0v) is 18.3. The number of rotatable bonds is 7. The van der Waals surface area contributed by atoms with E-state index in [1.165, 1.54) is 0 Å². The number of hydrogen-bond acceptors (Lipinski definition) is 5. The van der Waals surface area contributed by atoms with Crippen molar-refractivity contribution in [2.24, 2.45) is 0 Å². The fourth-order valence-corrected chi connectivity index (χ4v) is 3.92. The maximum atomic E-state index is 13.2. The average molecular weight is 439 g/mol. The van der Waals surface area contributed by atoms with E-state index in [0.717, 1.165) is 36.8 Å². The number of amides is 1. The summed E-state index contributed by atoms with van der Waals surface area (Å²) in [6.07, 6.45) is 1.70. The smallest absolute Gasteiger partial charge is 0.272 e. The number of carbonyl (C=O) groups is 1. The van der Waals surface area contributed by atoms with Crippen LogP contribution in [-0.2, 0) is 0 Å². The van der Waals surface area contributed by atoms with Crippen LogP contribution in [0.3, 0.4) is 0 Å². The van der Waals surface area contributed by atoms with Crippen LogP contribution in [0.5, 0.6) is 11.5 Å². The number of benzene rings is 2. The van der Waals surface area contributed by atoms with Crippen molar-refractivity contribution in [3.8, 4) is 17.2 Å². The van der Waals surface area contributed by atoms with Gasteiger partial charge in [0.1, 0.15) is 23.8 Å². The molecule has 1 fully saturated rings. The van der Waals surface area contributed by atoms with Crippen LogP contribution >= 0.6 is 12.2 Å². The van der Waals surface area contributed by atoms with Crippen molar-refractivity contribution in [2.75, 3.05) is 46.4 Å². The highest BCUT2D eigenvalue weighted by Gasteiger charge is 2.25. The van der Waals surface area contributed by atoms with Crippen molar-refractivity contribution in [1.82, 2.24) is 19.4 Å². The van der Waals surface area contributed by atoms with E-state index in [2.05, 4.69) is 9.88 Å².